The Morgan fingerprint density at radius 2 is 1.88 bits per heavy atom. The number of alkyl halides is 3. The predicted molar refractivity (Wildman–Crippen MR) is 87.8 cm³/mol. The summed E-state index contributed by atoms with van der Waals surface area (Å²) in [6.07, 6.45) is -1.64. The lowest BCUT2D eigenvalue weighted by molar-refractivity contribution is -0.127. The van der Waals surface area contributed by atoms with Gasteiger partial charge in [0.15, 0.2) is 9.84 Å². The van der Waals surface area contributed by atoms with Crippen LogP contribution in [0.1, 0.15) is 5.56 Å². The number of halogens is 3. The molecule has 0 amide bonds. The van der Waals surface area contributed by atoms with Gasteiger partial charge < -0.3 is 0 Å². The van der Waals surface area contributed by atoms with Crippen LogP contribution < -0.4 is 0 Å². The first-order chi connectivity index (χ1) is 11.6. The number of fused-ring (bicyclic) bond motifs is 1. The highest BCUT2D eigenvalue weighted by Crippen LogP contribution is 2.32. The average Bonchev–Trinajstić information content (AvgIpc) is 2.52. The lowest BCUT2D eigenvalue weighted by Gasteiger charge is -2.14. The van der Waals surface area contributed by atoms with Crippen LogP contribution in [-0.2, 0) is 16.3 Å². The minimum absolute atomic E-state index is 0.0197. The molecule has 130 valence electrons. The normalized spacial score (nSPS) is 12.5. The minimum atomic E-state index is -4.42. The maximum absolute atomic E-state index is 13.0. The van der Waals surface area contributed by atoms with Gasteiger partial charge in [-0.2, -0.15) is 13.2 Å². The summed E-state index contributed by atoms with van der Waals surface area (Å²) < 4.78 is 62.9. The molecule has 0 N–H and O–H groups in total. The summed E-state index contributed by atoms with van der Waals surface area (Å²) in [5.41, 5.74) is 0.592. The predicted octanol–water partition coefficient (Wildman–Crippen LogP) is 3.81. The fourth-order valence-electron chi connectivity index (χ4n) is 2.62. The molecule has 0 fully saturated rings. The van der Waals surface area contributed by atoms with E-state index < -0.39 is 22.4 Å². The number of para-hydroxylation sites is 1. The zero-order valence-electron chi connectivity index (χ0n) is 13.1. The number of benzene rings is 1. The molecule has 1 aromatic carbocycles. The summed E-state index contributed by atoms with van der Waals surface area (Å²) in [4.78, 5) is 8.17. The van der Waals surface area contributed by atoms with Crippen molar-refractivity contribution < 1.29 is 21.6 Å². The van der Waals surface area contributed by atoms with E-state index in [0.29, 0.717) is 10.9 Å². The first-order valence-corrected chi connectivity index (χ1v) is 9.14. The van der Waals surface area contributed by atoms with Gasteiger partial charge in [-0.1, -0.05) is 12.1 Å². The highest BCUT2D eigenvalue weighted by atomic mass is 32.2. The molecule has 0 saturated heterocycles. The Morgan fingerprint density at radius 3 is 2.48 bits per heavy atom. The molecular formula is C17H13F3N2O2S. The second kappa shape index (κ2) is 6.11. The molecule has 0 bridgehead atoms. The Morgan fingerprint density at radius 1 is 1.12 bits per heavy atom. The lowest BCUT2D eigenvalue weighted by Crippen LogP contribution is -2.13. The fraction of sp³-hybridized carbons (Fsp3) is 0.176. The van der Waals surface area contributed by atoms with Crippen LogP contribution in [0.15, 0.2) is 53.7 Å². The Hall–Kier alpha value is -2.48. The molecule has 0 atom stereocenters. The second-order valence-electron chi connectivity index (χ2n) is 5.63. The lowest BCUT2D eigenvalue weighted by atomic mass is 10.0. The second-order valence-corrected chi connectivity index (χ2v) is 7.61. The highest BCUT2D eigenvalue weighted by Gasteiger charge is 2.30. The first kappa shape index (κ1) is 17.3. The van der Waals surface area contributed by atoms with Gasteiger partial charge in [0.2, 0.25) is 0 Å². The van der Waals surface area contributed by atoms with Crippen LogP contribution >= 0.6 is 0 Å². The quantitative estimate of drug-likeness (QED) is 0.707. The molecule has 8 heteroatoms. The van der Waals surface area contributed by atoms with Crippen LogP contribution in [0, 0.1) is 0 Å². The van der Waals surface area contributed by atoms with Crippen LogP contribution in [0.2, 0.25) is 0 Å². The van der Waals surface area contributed by atoms with Gasteiger partial charge in [0.25, 0.3) is 0 Å². The van der Waals surface area contributed by atoms with Crippen molar-refractivity contribution in [3.63, 3.8) is 0 Å². The molecule has 2 aromatic heterocycles. The number of aromatic nitrogens is 2. The number of pyridine rings is 2. The van der Waals surface area contributed by atoms with Crippen molar-refractivity contribution in [2.24, 2.45) is 0 Å². The van der Waals surface area contributed by atoms with Gasteiger partial charge in [-0.3, -0.25) is 4.98 Å². The molecule has 3 rings (SSSR count). The first-order valence-electron chi connectivity index (χ1n) is 7.25. The van der Waals surface area contributed by atoms with Gasteiger partial charge in [0, 0.05) is 29.6 Å². The Bertz CT molecular complexity index is 1030. The third-order valence-corrected chi connectivity index (χ3v) is 4.74. The monoisotopic (exact) mass is 366 g/mol. The molecule has 0 aliphatic carbocycles. The molecule has 3 aromatic rings. The zero-order chi connectivity index (χ0) is 18.2. The molecule has 0 aliphatic heterocycles. The van der Waals surface area contributed by atoms with Crippen molar-refractivity contribution in [3.05, 3.63) is 54.4 Å². The van der Waals surface area contributed by atoms with Crippen molar-refractivity contribution in [2.45, 2.75) is 17.5 Å². The van der Waals surface area contributed by atoms with E-state index in [2.05, 4.69) is 9.97 Å². The molecule has 4 nitrogen and oxygen atoms in total. The topological polar surface area (TPSA) is 59.9 Å². The van der Waals surface area contributed by atoms with E-state index in [0.717, 1.165) is 6.26 Å². The number of hydrogen-bond donors (Lipinski definition) is 0. The van der Waals surface area contributed by atoms with E-state index in [1.54, 1.807) is 18.2 Å². The van der Waals surface area contributed by atoms with Crippen molar-refractivity contribution in [3.8, 4) is 11.3 Å². The van der Waals surface area contributed by atoms with Crippen molar-refractivity contribution in [1.82, 2.24) is 9.97 Å². The number of rotatable bonds is 3. The third-order valence-electron chi connectivity index (χ3n) is 3.61. The SMILES string of the molecule is CS(=O)(=O)c1cccc2cc(CC(F)(F)F)c(-c3cccnc3)nc12. The molecule has 0 spiro atoms. The van der Waals surface area contributed by atoms with Gasteiger partial charge in [-0.05, 0) is 29.8 Å². The smallest absolute Gasteiger partial charge is 0.264 e. The molecule has 0 aliphatic rings. The number of hydrogen-bond acceptors (Lipinski definition) is 4. The van der Waals surface area contributed by atoms with Crippen LogP contribution in [0.3, 0.4) is 0 Å². The Kier molecular flexibility index (Phi) is 4.24. The van der Waals surface area contributed by atoms with E-state index in [1.165, 1.54) is 30.6 Å². The van der Waals surface area contributed by atoms with Gasteiger partial charge in [0.1, 0.15) is 0 Å². The number of nitrogens with zero attached hydrogens (tertiary/aromatic N) is 2. The fourth-order valence-corrected chi connectivity index (χ4v) is 3.46. The maximum Gasteiger partial charge on any atom is 0.393 e. The van der Waals surface area contributed by atoms with E-state index in [9.17, 15) is 21.6 Å². The molecule has 0 unspecified atom stereocenters. The number of sulfone groups is 1. The van der Waals surface area contributed by atoms with E-state index in [4.69, 9.17) is 0 Å². The summed E-state index contributed by atoms with van der Waals surface area (Å²) in [7, 11) is -3.58. The van der Waals surface area contributed by atoms with Crippen molar-refractivity contribution in [1.29, 1.82) is 0 Å². The largest absolute Gasteiger partial charge is 0.393 e. The van der Waals surface area contributed by atoms with Gasteiger partial charge >= 0.3 is 6.18 Å². The summed E-state index contributed by atoms with van der Waals surface area (Å²) in [6, 6.07) is 8.94. The van der Waals surface area contributed by atoms with Crippen LogP contribution in [-0.4, -0.2) is 30.8 Å². The van der Waals surface area contributed by atoms with Gasteiger partial charge in [-0.25, -0.2) is 13.4 Å². The van der Waals surface area contributed by atoms with Crippen LogP contribution in [0.4, 0.5) is 13.2 Å². The maximum atomic E-state index is 13.0. The summed E-state index contributed by atoms with van der Waals surface area (Å²) in [5.74, 6) is 0. The standard InChI is InChI=1S/C17H13F3N2O2S/c1-25(23,24)14-6-2-4-11-8-13(9-17(18,19)20)15(22-16(11)14)12-5-3-7-21-10-12/h2-8,10H,9H2,1H3. The van der Waals surface area contributed by atoms with E-state index in [1.807, 2.05) is 0 Å². The summed E-state index contributed by atoms with van der Waals surface area (Å²) >= 11 is 0. The van der Waals surface area contributed by atoms with Gasteiger partial charge in [-0.15, -0.1) is 0 Å². The molecular weight excluding hydrogens is 353 g/mol. The minimum Gasteiger partial charge on any atom is -0.264 e. The zero-order valence-corrected chi connectivity index (χ0v) is 13.9. The summed E-state index contributed by atoms with van der Waals surface area (Å²) in [5, 5.41) is 0.342. The molecule has 25 heavy (non-hydrogen) atoms. The van der Waals surface area contributed by atoms with Crippen LogP contribution in [0.25, 0.3) is 22.2 Å². The highest BCUT2D eigenvalue weighted by molar-refractivity contribution is 7.91. The summed E-state index contributed by atoms with van der Waals surface area (Å²) in [6.45, 7) is 0. The Balaban J connectivity index is 2.35. The van der Waals surface area contributed by atoms with Crippen molar-refractivity contribution in [2.75, 3.05) is 6.26 Å². The average molecular weight is 366 g/mol. The molecule has 0 radical (unpaired) electrons. The van der Waals surface area contributed by atoms with E-state index >= 15 is 0 Å². The Labute approximate surface area is 142 Å². The molecule has 0 saturated carbocycles. The molecule has 2 heterocycles. The van der Waals surface area contributed by atoms with Crippen molar-refractivity contribution >= 4 is 20.7 Å². The van der Waals surface area contributed by atoms with Gasteiger partial charge in [0.05, 0.1) is 22.5 Å². The van der Waals surface area contributed by atoms with E-state index in [-0.39, 0.29) is 21.7 Å². The third kappa shape index (κ3) is 3.79. The van der Waals surface area contributed by atoms with Crippen LogP contribution in [0.5, 0.6) is 0 Å².